The molecule has 2 aromatic rings. The molecule has 4 aliphatic rings. The Morgan fingerprint density at radius 1 is 0.857 bits per heavy atom. The first-order chi connectivity index (χ1) is 26.9. The Morgan fingerprint density at radius 3 is 2.16 bits per heavy atom. The second kappa shape index (κ2) is 22.1. The number of unbranched alkanes of at least 4 members (excludes halogenated alkanes) is 2. The van der Waals surface area contributed by atoms with Crippen LogP contribution in [-0.4, -0.2) is 75.6 Å². The normalized spacial score (nSPS) is 18.0. The van der Waals surface area contributed by atoms with Gasteiger partial charge in [-0.15, -0.1) is 0 Å². The van der Waals surface area contributed by atoms with Crippen LogP contribution >= 0.6 is 0 Å². The van der Waals surface area contributed by atoms with Crippen LogP contribution in [0.25, 0.3) is 0 Å². The lowest BCUT2D eigenvalue weighted by molar-refractivity contribution is -0.141. The Bertz CT molecular complexity index is 1670. The van der Waals surface area contributed by atoms with Gasteiger partial charge >= 0.3 is 6.09 Å². The summed E-state index contributed by atoms with van der Waals surface area (Å²) in [6.45, 7) is 7.01. The van der Waals surface area contributed by atoms with Crippen LogP contribution in [0.5, 0.6) is 0 Å². The monoisotopic (exact) mass is 777 g/mol. The first kappa shape index (κ1) is 43.9. The fourth-order valence-electron chi connectivity index (χ4n) is 7.65. The molecule has 0 aromatic heterocycles. The average molecular weight is 778 g/mol. The standard InChI is InChI=1S/C29H40N4O5.C9H8FNO2.C5H12/c1-19-8-2-5-13-22(19)31-29(38)27(36)23(16-20-11-6-12-20)32-28(37)24-14-7-15-33(24)26(35)18-30-25(34)17-21-9-3-4-10-21;10-8-3-1-2-6-4-11(9(12)13)5-7(6)8;1-3-5-4-2/h2,5,8,13,20-21,23-24H,3-4,6-7,9-12,14-18H2,1H3,(H,30,34)(H,31,38)(H,32,37);1-3H,4-5H2,(H,12,13);3-5H2,1-2H3. The van der Waals surface area contributed by atoms with Crippen LogP contribution < -0.4 is 16.0 Å². The number of amides is 5. The third-order valence-corrected chi connectivity index (χ3v) is 11.2. The zero-order chi connectivity index (χ0) is 40.6. The second-order valence-electron chi connectivity index (χ2n) is 15.5. The Hall–Kier alpha value is -4.81. The van der Waals surface area contributed by atoms with E-state index in [0.29, 0.717) is 55.9 Å². The molecule has 2 unspecified atom stereocenters. The largest absolute Gasteiger partial charge is 0.465 e. The number of Topliss-reactive ketones (excluding diaryl/α,β-unsaturated/α-hetero) is 1. The molecule has 306 valence electrons. The molecule has 12 nitrogen and oxygen atoms in total. The summed E-state index contributed by atoms with van der Waals surface area (Å²) in [5.74, 6) is -1.93. The molecule has 56 heavy (non-hydrogen) atoms. The molecule has 0 radical (unpaired) electrons. The summed E-state index contributed by atoms with van der Waals surface area (Å²) >= 11 is 0. The fraction of sp³-hybridized carbons (Fsp3) is 0.581. The Kier molecular flexibility index (Phi) is 17.3. The van der Waals surface area contributed by atoms with Crippen LogP contribution in [0.4, 0.5) is 14.9 Å². The molecule has 0 bridgehead atoms. The zero-order valence-corrected chi connectivity index (χ0v) is 33.2. The van der Waals surface area contributed by atoms with Crippen LogP contribution in [0.1, 0.15) is 120 Å². The van der Waals surface area contributed by atoms with Crippen molar-refractivity contribution in [1.29, 1.82) is 0 Å². The van der Waals surface area contributed by atoms with E-state index >= 15 is 0 Å². The fourth-order valence-corrected chi connectivity index (χ4v) is 7.65. The number of rotatable bonds is 13. The lowest BCUT2D eigenvalue weighted by Crippen LogP contribution is -2.54. The number of benzene rings is 2. The molecular formula is C43H60FN5O7. The van der Waals surface area contributed by atoms with Gasteiger partial charge in [-0.3, -0.25) is 28.9 Å². The quantitative estimate of drug-likeness (QED) is 0.161. The first-order valence-electron chi connectivity index (χ1n) is 20.4. The second-order valence-corrected chi connectivity index (χ2v) is 15.5. The van der Waals surface area contributed by atoms with E-state index < -0.39 is 35.8 Å². The summed E-state index contributed by atoms with van der Waals surface area (Å²) < 4.78 is 13.1. The van der Waals surface area contributed by atoms with Gasteiger partial charge in [0.05, 0.1) is 19.1 Å². The van der Waals surface area contributed by atoms with Gasteiger partial charge in [-0.1, -0.05) is 95.5 Å². The number of fused-ring (bicyclic) bond motifs is 1. The minimum absolute atomic E-state index is 0.128. The topological polar surface area (TPSA) is 165 Å². The SMILES string of the molecule is CCCCC.Cc1ccccc1NC(=O)C(=O)C(CC1CCC1)NC(=O)C1CCCN1C(=O)CNC(=O)CC1CCCC1.O=C(O)N1Cc2cccc(F)c2C1. The molecule has 2 aliphatic heterocycles. The Morgan fingerprint density at radius 2 is 1.55 bits per heavy atom. The number of carbonyl (C=O) groups is 6. The van der Waals surface area contributed by atoms with Crippen LogP contribution in [0.15, 0.2) is 42.5 Å². The first-order valence-corrected chi connectivity index (χ1v) is 20.4. The number of likely N-dealkylation sites (tertiary alicyclic amines) is 1. The molecule has 13 heteroatoms. The van der Waals surface area contributed by atoms with Crippen molar-refractivity contribution in [2.45, 2.75) is 136 Å². The summed E-state index contributed by atoms with van der Waals surface area (Å²) in [4.78, 5) is 77.7. The minimum Gasteiger partial charge on any atom is -0.465 e. The molecule has 2 saturated carbocycles. The summed E-state index contributed by atoms with van der Waals surface area (Å²) in [6.07, 6.45) is 12.5. The van der Waals surface area contributed by atoms with Gasteiger partial charge in [-0.05, 0) is 74.1 Å². The number of nitrogens with one attached hydrogen (secondary N) is 3. The Balaban J connectivity index is 0.000000316. The van der Waals surface area contributed by atoms with E-state index in [1.807, 2.05) is 19.1 Å². The van der Waals surface area contributed by atoms with Gasteiger partial charge in [0.25, 0.3) is 5.91 Å². The molecule has 2 heterocycles. The van der Waals surface area contributed by atoms with Crippen molar-refractivity contribution in [1.82, 2.24) is 20.4 Å². The number of aryl methyl sites for hydroxylation is 1. The molecule has 5 amide bonds. The molecule has 2 atom stereocenters. The van der Waals surface area contributed by atoms with Crippen molar-refractivity contribution in [3.8, 4) is 0 Å². The van der Waals surface area contributed by atoms with Crippen molar-refractivity contribution >= 4 is 41.2 Å². The molecule has 2 aliphatic carbocycles. The van der Waals surface area contributed by atoms with Crippen LogP contribution in [0.3, 0.4) is 0 Å². The number of halogens is 1. The van der Waals surface area contributed by atoms with Gasteiger partial charge in [0.15, 0.2) is 0 Å². The highest BCUT2D eigenvalue weighted by Gasteiger charge is 2.38. The van der Waals surface area contributed by atoms with Crippen molar-refractivity contribution < 1.29 is 38.3 Å². The highest BCUT2D eigenvalue weighted by Crippen LogP contribution is 2.31. The third-order valence-electron chi connectivity index (χ3n) is 11.2. The van der Waals surface area contributed by atoms with Crippen LogP contribution in [0, 0.1) is 24.6 Å². The molecule has 4 N–H and O–H groups in total. The summed E-state index contributed by atoms with van der Waals surface area (Å²) in [5, 5.41) is 16.9. The number of hydrogen-bond acceptors (Lipinski definition) is 6. The highest BCUT2D eigenvalue weighted by molar-refractivity contribution is 6.42. The maximum atomic E-state index is 13.3. The van der Waals surface area contributed by atoms with E-state index in [1.54, 1.807) is 24.3 Å². The number of hydrogen-bond donors (Lipinski definition) is 4. The van der Waals surface area contributed by atoms with Gasteiger partial charge in [-0.2, -0.15) is 0 Å². The molecule has 6 rings (SSSR count). The minimum atomic E-state index is -1.00. The van der Waals surface area contributed by atoms with Crippen LogP contribution in [-0.2, 0) is 37.1 Å². The number of carbonyl (C=O) groups excluding carboxylic acids is 5. The number of ketones is 1. The average Bonchev–Trinajstić information content (AvgIpc) is 3.95. The van der Waals surface area contributed by atoms with E-state index in [2.05, 4.69) is 29.8 Å². The molecule has 0 spiro atoms. The number of carboxylic acid groups (broad SMARTS) is 1. The molecule has 3 fully saturated rings. The lowest BCUT2D eigenvalue weighted by Gasteiger charge is -2.31. The van der Waals surface area contributed by atoms with E-state index in [9.17, 15) is 33.2 Å². The summed E-state index contributed by atoms with van der Waals surface area (Å²) in [6, 6.07) is 10.2. The highest BCUT2D eigenvalue weighted by atomic mass is 19.1. The molecule has 1 saturated heterocycles. The van der Waals surface area contributed by atoms with Gasteiger partial charge < -0.3 is 26.0 Å². The van der Waals surface area contributed by atoms with Crippen molar-refractivity contribution in [2.75, 3.05) is 18.4 Å². The van der Waals surface area contributed by atoms with Gasteiger partial charge in [0.1, 0.15) is 11.9 Å². The van der Waals surface area contributed by atoms with E-state index in [4.69, 9.17) is 5.11 Å². The van der Waals surface area contributed by atoms with E-state index in [-0.39, 0.29) is 36.6 Å². The third kappa shape index (κ3) is 12.9. The van der Waals surface area contributed by atoms with Gasteiger partial charge in [0, 0.05) is 30.8 Å². The van der Waals surface area contributed by atoms with Gasteiger partial charge in [0.2, 0.25) is 23.5 Å². The summed E-state index contributed by atoms with van der Waals surface area (Å²) in [7, 11) is 0. The van der Waals surface area contributed by atoms with Crippen molar-refractivity contribution in [3.05, 3.63) is 65.0 Å². The predicted molar refractivity (Wildman–Crippen MR) is 212 cm³/mol. The smallest absolute Gasteiger partial charge is 0.407 e. The number of anilines is 1. The number of para-hydroxylation sites is 1. The maximum Gasteiger partial charge on any atom is 0.407 e. The molecule has 2 aromatic carbocycles. The number of nitrogens with zero attached hydrogens (tertiary/aromatic N) is 2. The predicted octanol–water partition coefficient (Wildman–Crippen LogP) is 6.88. The molecular weight excluding hydrogens is 717 g/mol. The van der Waals surface area contributed by atoms with E-state index in [0.717, 1.165) is 56.1 Å². The van der Waals surface area contributed by atoms with Crippen molar-refractivity contribution in [2.24, 2.45) is 11.8 Å². The lowest BCUT2D eigenvalue weighted by atomic mass is 9.80. The Labute approximate surface area is 330 Å². The van der Waals surface area contributed by atoms with Crippen molar-refractivity contribution in [3.63, 3.8) is 0 Å². The van der Waals surface area contributed by atoms with Gasteiger partial charge in [-0.25, -0.2) is 9.18 Å². The summed E-state index contributed by atoms with van der Waals surface area (Å²) in [5.41, 5.74) is 2.66. The zero-order valence-electron chi connectivity index (χ0n) is 33.2. The van der Waals surface area contributed by atoms with E-state index in [1.165, 1.54) is 35.1 Å². The van der Waals surface area contributed by atoms with Crippen LogP contribution in [0.2, 0.25) is 0 Å². The maximum absolute atomic E-state index is 13.3.